The first kappa shape index (κ1) is 9.44. The normalized spacial score (nSPS) is 36.5. The number of nitrogens with zero attached hydrogens (tertiary/aromatic N) is 2. The molecule has 13 heavy (non-hydrogen) atoms. The van der Waals surface area contributed by atoms with E-state index in [4.69, 9.17) is 5.11 Å². The van der Waals surface area contributed by atoms with Crippen LogP contribution >= 0.6 is 0 Å². The van der Waals surface area contributed by atoms with Gasteiger partial charge in [-0.1, -0.05) is 0 Å². The van der Waals surface area contributed by atoms with Crippen LogP contribution in [0.15, 0.2) is 0 Å². The van der Waals surface area contributed by atoms with Crippen molar-refractivity contribution in [2.75, 3.05) is 39.8 Å². The molecule has 3 nitrogen and oxygen atoms in total. The number of aliphatic hydroxyl groups excluding tert-OH is 1. The van der Waals surface area contributed by atoms with E-state index < -0.39 is 0 Å². The second kappa shape index (κ2) is 3.95. The molecular weight excluding hydrogens is 164 g/mol. The van der Waals surface area contributed by atoms with Crippen LogP contribution in [0.25, 0.3) is 0 Å². The fourth-order valence-electron chi connectivity index (χ4n) is 2.79. The Hall–Kier alpha value is -0.120. The number of fused-ring (bicyclic) bond motifs is 1. The van der Waals surface area contributed by atoms with Gasteiger partial charge in [-0.15, -0.1) is 0 Å². The van der Waals surface area contributed by atoms with Gasteiger partial charge in [0.25, 0.3) is 0 Å². The van der Waals surface area contributed by atoms with Gasteiger partial charge < -0.3 is 10.0 Å². The summed E-state index contributed by atoms with van der Waals surface area (Å²) >= 11 is 0. The molecule has 2 heterocycles. The van der Waals surface area contributed by atoms with Gasteiger partial charge in [0.2, 0.25) is 0 Å². The molecule has 0 saturated carbocycles. The largest absolute Gasteiger partial charge is 0.395 e. The molecule has 2 aliphatic heterocycles. The number of likely N-dealkylation sites (tertiary alicyclic amines) is 2. The highest BCUT2D eigenvalue weighted by atomic mass is 16.3. The Kier molecular flexibility index (Phi) is 2.86. The fraction of sp³-hybridized carbons (Fsp3) is 1.00. The van der Waals surface area contributed by atoms with E-state index in [2.05, 4.69) is 16.8 Å². The second-order valence-electron chi connectivity index (χ2n) is 4.43. The smallest absolute Gasteiger partial charge is 0.0558 e. The Morgan fingerprint density at radius 1 is 1.31 bits per heavy atom. The van der Waals surface area contributed by atoms with Crippen LogP contribution in [0.5, 0.6) is 0 Å². The molecular formula is C10H20N2O. The van der Waals surface area contributed by atoms with Crippen LogP contribution in [0.4, 0.5) is 0 Å². The predicted octanol–water partition coefficient (Wildman–Crippen LogP) is 0.00470. The Morgan fingerprint density at radius 3 is 2.85 bits per heavy atom. The lowest BCUT2D eigenvalue weighted by molar-refractivity contribution is 0.107. The average Bonchev–Trinajstić information content (AvgIpc) is 2.49. The van der Waals surface area contributed by atoms with Gasteiger partial charge in [0.1, 0.15) is 0 Å². The maximum absolute atomic E-state index is 8.93. The molecule has 0 spiro atoms. The Morgan fingerprint density at radius 2 is 2.08 bits per heavy atom. The molecule has 76 valence electrons. The lowest BCUT2D eigenvalue weighted by Crippen LogP contribution is -2.47. The summed E-state index contributed by atoms with van der Waals surface area (Å²) < 4.78 is 0. The third kappa shape index (κ3) is 1.87. The first-order chi connectivity index (χ1) is 6.31. The van der Waals surface area contributed by atoms with E-state index in [1.54, 1.807) is 0 Å². The maximum atomic E-state index is 8.93. The molecule has 0 aliphatic carbocycles. The summed E-state index contributed by atoms with van der Waals surface area (Å²) in [5.74, 6) is 0.905. The molecule has 2 aliphatic rings. The molecule has 2 rings (SSSR count). The minimum Gasteiger partial charge on any atom is -0.395 e. The van der Waals surface area contributed by atoms with Crippen molar-refractivity contribution in [2.24, 2.45) is 5.92 Å². The molecule has 0 radical (unpaired) electrons. The van der Waals surface area contributed by atoms with E-state index in [9.17, 15) is 0 Å². The highest BCUT2D eigenvalue weighted by Crippen LogP contribution is 2.30. The van der Waals surface area contributed by atoms with Gasteiger partial charge in [-0.3, -0.25) is 4.90 Å². The third-order valence-corrected chi connectivity index (χ3v) is 3.57. The summed E-state index contributed by atoms with van der Waals surface area (Å²) in [6.45, 7) is 4.84. The van der Waals surface area contributed by atoms with Crippen LogP contribution in [0.1, 0.15) is 12.8 Å². The van der Waals surface area contributed by atoms with Crippen molar-refractivity contribution in [2.45, 2.75) is 18.9 Å². The number of likely N-dealkylation sites (N-methyl/N-ethyl adjacent to an activating group) is 1. The maximum Gasteiger partial charge on any atom is 0.0558 e. The van der Waals surface area contributed by atoms with Crippen LogP contribution < -0.4 is 0 Å². The van der Waals surface area contributed by atoms with Crippen LogP contribution in [0.2, 0.25) is 0 Å². The molecule has 1 N–H and O–H groups in total. The predicted molar refractivity (Wildman–Crippen MR) is 52.7 cm³/mol. The van der Waals surface area contributed by atoms with E-state index in [0.717, 1.165) is 18.5 Å². The van der Waals surface area contributed by atoms with Crippen LogP contribution in [0.3, 0.4) is 0 Å². The molecule has 0 amide bonds. The second-order valence-corrected chi connectivity index (χ2v) is 4.43. The number of hydrogen-bond donors (Lipinski definition) is 1. The van der Waals surface area contributed by atoms with Crippen LogP contribution in [0, 0.1) is 5.92 Å². The van der Waals surface area contributed by atoms with E-state index in [1.165, 1.54) is 32.5 Å². The van der Waals surface area contributed by atoms with Crippen LogP contribution in [-0.2, 0) is 0 Å². The summed E-state index contributed by atoms with van der Waals surface area (Å²) in [4.78, 5) is 4.87. The van der Waals surface area contributed by atoms with Gasteiger partial charge in [0.15, 0.2) is 0 Å². The zero-order chi connectivity index (χ0) is 9.26. The number of hydrogen-bond acceptors (Lipinski definition) is 3. The zero-order valence-corrected chi connectivity index (χ0v) is 8.45. The van der Waals surface area contributed by atoms with Gasteiger partial charge >= 0.3 is 0 Å². The highest BCUT2D eigenvalue weighted by Gasteiger charge is 2.36. The van der Waals surface area contributed by atoms with Gasteiger partial charge in [0, 0.05) is 19.1 Å². The Bertz CT molecular complexity index is 174. The molecule has 2 atom stereocenters. The number of rotatable bonds is 2. The van der Waals surface area contributed by atoms with Crippen molar-refractivity contribution in [1.82, 2.24) is 9.80 Å². The summed E-state index contributed by atoms with van der Waals surface area (Å²) in [5.41, 5.74) is 0. The van der Waals surface area contributed by atoms with E-state index in [0.29, 0.717) is 6.61 Å². The molecule has 0 aromatic rings. The summed E-state index contributed by atoms with van der Waals surface area (Å²) in [6.07, 6.45) is 2.70. The first-order valence-corrected chi connectivity index (χ1v) is 5.34. The minimum atomic E-state index is 0.312. The molecule has 0 bridgehead atoms. The van der Waals surface area contributed by atoms with Crippen molar-refractivity contribution in [1.29, 1.82) is 0 Å². The van der Waals surface area contributed by atoms with Gasteiger partial charge in [-0.2, -0.15) is 0 Å². The Balaban J connectivity index is 1.94. The minimum absolute atomic E-state index is 0.312. The molecule has 2 fully saturated rings. The van der Waals surface area contributed by atoms with E-state index in [1.807, 2.05) is 0 Å². The van der Waals surface area contributed by atoms with E-state index in [-0.39, 0.29) is 0 Å². The van der Waals surface area contributed by atoms with Crippen molar-refractivity contribution < 1.29 is 5.11 Å². The van der Waals surface area contributed by atoms with Crippen molar-refractivity contribution >= 4 is 0 Å². The SMILES string of the molecule is CN1CCC2CCN(CCO)C2C1. The van der Waals surface area contributed by atoms with Crippen molar-refractivity contribution in [3.05, 3.63) is 0 Å². The third-order valence-electron chi connectivity index (χ3n) is 3.57. The summed E-state index contributed by atoms with van der Waals surface area (Å²) in [6, 6.07) is 0.728. The van der Waals surface area contributed by atoms with Crippen LogP contribution in [-0.4, -0.2) is 60.8 Å². The summed E-state index contributed by atoms with van der Waals surface area (Å²) in [7, 11) is 2.20. The molecule has 2 unspecified atom stereocenters. The first-order valence-electron chi connectivity index (χ1n) is 5.34. The quantitative estimate of drug-likeness (QED) is 0.654. The topological polar surface area (TPSA) is 26.7 Å². The standard InChI is InChI=1S/C10H20N2O/c1-11-4-2-9-3-5-12(6-7-13)10(9)8-11/h9-10,13H,2-8H2,1H3. The van der Waals surface area contributed by atoms with Gasteiger partial charge in [0.05, 0.1) is 6.61 Å². The summed E-state index contributed by atoms with van der Waals surface area (Å²) in [5, 5.41) is 8.93. The zero-order valence-electron chi connectivity index (χ0n) is 8.45. The van der Waals surface area contributed by atoms with Gasteiger partial charge in [-0.25, -0.2) is 0 Å². The molecule has 3 heteroatoms. The number of β-amino-alcohol motifs (C(OH)–C–C–N with tert-alkyl or cyclic N) is 1. The fourth-order valence-corrected chi connectivity index (χ4v) is 2.79. The lowest BCUT2D eigenvalue weighted by atomic mass is 9.92. The van der Waals surface area contributed by atoms with Crippen molar-refractivity contribution in [3.63, 3.8) is 0 Å². The van der Waals surface area contributed by atoms with Crippen molar-refractivity contribution in [3.8, 4) is 0 Å². The lowest BCUT2D eigenvalue weighted by Gasteiger charge is -2.36. The molecule has 0 aromatic carbocycles. The highest BCUT2D eigenvalue weighted by molar-refractivity contribution is 4.91. The average molecular weight is 184 g/mol. The number of aliphatic hydroxyl groups is 1. The molecule has 0 aromatic heterocycles. The number of piperidine rings is 1. The molecule has 2 saturated heterocycles. The van der Waals surface area contributed by atoms with Gasteiger partial charge in [-0.05, 0) is 38.9 Å². The van der Waals surface area contributed by atoms with E-state index >= 15 is 0 Å². The monoisotopic (exact) mass is 184 g/mol. The Labute approximate surface area is 80.3 Å².